The quantitative estimate of drug-likeness (QED) is 0.619. The number of aromatic nitrogens is 1. The molecule has 1 aliphatic heterocycles. The van der Waals surface area contributed by atoms with Crippen LogP contribution >= 0.6 is 35.6 Å². The summed E-state index contributed by atoms with van der Waals surface area (Å²) in [5.74, 6) is 0.530. The average molecular weight is 373 g/mol. The summed E-state index contributed by atoms with van der Waals surface area (Å²) in [7, 11) is 0. The van der Waals surface area contributed by atoms with Gasteiger partial charge in [-0.05, 0) is 30.5 Å². The van der Waals surface area contributed by atoms with Gasteiger partial charge in [0.05, 0.1) is 17.8 Å². The molecule has 1 N–H and O–H groups in total. The van der Waals surface area contributed by atoms with E-state index in [-0.39, 0.29) is 18.1 Å². The number of hydrogen-bond donors (Lipinski definition) is 1. The van der Waals surface area contributed by atoms with Crippen molar-refractivity contribution >= 4 is 41.3 Å². The second-order valence-electron chi connectivity index (χ2n) is 5.60. The first-order valence-electron chi connectivity index (χ1n) is 7.48. The number of anilines is 1. The summed E-state index contributed by atoms with van der Waals surface area (Å²) in [4.78, 5) is 6.51. The summed E-state index contributed by atoms with van der Waals surface area (Å²) in [6, 6.07) is 14.2. The van der Waals surface area contributed by atoms with Gasteiger partial charge in [0.2, 0.25) is 0 Å². The Hall–Kier alpha value is -1.00. The second-order valence-corrected chi connectivity index (χ2v) is 6.25. The smallest absolute Gasteiger partial charge is 0.129 e. The Kier molecular flexibility index (Phi) is 6.54. The topological polar surface area (TPSA) is 28.2 Å². The maximum Gasteiger partial charge on any atom is 0.129 e. The Morgan fingerprint density at radius 3 is 2.61 bits per heavy atom. The lowest BCUT2D eigenvalue weighted by Crippen LogP contribution is -2.56. The van der Waals surface area contributed by atoms with E-state index in [1.165, 1.54) is 5.56 Å². The van der Waals surface area contributed by atoms with E-state index in [0.29, 0.717) is 11.0 Å². The van der Waals surface area contributed by atoms with Crippen molar-refractivity contribution in [3.8, 4) is 0 Å². The second kappa shape index (κ2) is 8.20. The standard InChI is InChI=1S/C17H19Cl2N3.ClH/c18-13-17(21-11-14-5-2-1-3-6-14)9-4-10-22(17)15-7-8-16(19)20-12-15;/h1-3,5-8,12,21H,4,9-11,13H2;1H/t17-;/m0./s1. The normalized spacial score (nSPS) is 20.3. The SMILES string of the molecule is Cl.ClC[C@]1(NCc2ccccc2)CCCN1c1ccc(Cl)nc1. The Labute approximate surface area is 153 Å². The van der Waals surface area contributed by atoms with E-state index in [1.807, 2.05) is 24.4 Å². The number of nitrogens with zero attached hydrogens (tertiary/aromatic N) is 2. The molecule has 2 aromatic rings. The number of nitrogens with one attached hydrogen (secondary N) is 1. The Balaban J connectivity index is 0.00000192. The monoisotopic (exact) mass is 371 g/mol. The van der Waals surface area contributed by atoms with Crippen LogP contribution in [0.1, 0.15) is 18.4 Å². The molecule has 23 heavy (non-hydrogen) atoms. The molecule has 0 spiro atoms. The molecule has 3 nitrogen and oxygen atoms in total. The van der Waals surface area contributed by atoms with Crippen LogP contribution in [0.25, 0.3) is 0 Å². The van der Waals surface area contributed by atoms with Gasteiger partial charge in [0.15, 0.2) is 0 Å². The predicted molar refractivity (Wildman–Crippen MR) is 99.8 cm³/mol. The zero-order valence-electron chi connectivity index (χ0n) is 12.7. The van der Waals surface area contributed by atoms with Crippen LogP contribution in [-0.4, -0.2) is 23.1 Å². The molecule has 1 aromatic carbocycles. The van der Waals surface area contributed by atoms with Crippen LogP contribution in [0.15, 0.2) is 48.7 Å². The van der Waals surface area contributed by atoms with Crippen LogP contribution in [-0.2, 0) is 6.54 Å². The van der Waals surface area contributed by atoms with Crippen LogP contribution in [0, 0.1) is 0 Å². The van der Waals surface area contributed by atoms with Crippen molar-refractivity contribution in [3.05, 3.63) is 59.4 Å². The van der Waals surface area contributed by atoms with Gasteiger partial charge in [-0.3, -0.25) is 5.32 Å². The molecule has 0 unspecified atom stereocenters. The third-order valence-electron chi connectivity index (χ3n) is 4.20. The molecule has 0 aliphatic carbocycles. The van der Waals surface area contributed by atoms with Gasteiger partial charge in [-0.15, -0.1) is 24.0 Å². The van der Waals surface area contributed by atoms with Crippen LogP contribution < -0.4 is 10.2 Å². The predicted octanol–water partition coefficient (Wildman–Crippen LogP) is 4.48. The number of hydrogen-bond acceptors (Lipinski definition) is 3. The molecule has 0 amide bonds. The molecule has 1 aromatic heterocycles. The van der Waals surface area contributed by atoms with Crippen molar-refractivity contribution in [2.24, 2.45) is 0 Å². The van der Waals surface area contributed by atoms with Crippen molar-refractivity contribution < 1.29 is 0 Å². The van der Waals surface area contributed by atoms with Crippen LogP contribution in [0.3, 0.4) is 0 Å². The maximum absolute atomic E-state index is 6.36. The third-order valence-corrected chi connectivity index (χ3v) is 4.86. The van der Waals surface area contributed by atoms with Gasteiger partial charge in [0.1, 0.15) is 10.8 Å². The molecule has 2 heterocycles. The lowest BCUT2D eigenvalue weighted by atomic mass is 10.1. The molecular formula is C17H20Cl3N3. The molecule has 1 atom stereocenters. The van der Waals surface area contributed by atoms with Crippen molar-refractivity contribution in [2.45, 2.75) is 25.0 Å². The van der Waals surface area contributed by atoms with E-state index >= 15 is 0 Å². The van der Waals surface area contributed by atoms with E-state index in [0.717, 1.165) is 31.6 Å². The van der Waals surface area contributed by atoms with Crippen molar-refractivity contribution in [2.75, 3.05) is 17.3 Å². The average Bonchev–Trinajstić information content (AvgIpc) is 2.99. The minimum Gasteiger partial charge on any atom is -0.351 e. The van der Waals surface area contributed by atoms with E-state index in [9.17, 15) is 0 Å². The van der Waals surface area contributed by atoms with Gasteiger partial charge in [-0.1, -0.05) is 41.9 Å². The molecule has 0 saturated carbocycles. The summed E-state index contributed by atoms with van der Waals surface area (Å²) in [6.07, 6.45) is 3.95. The zero-order valence-corrected chi connectivity index (χ0v) is 15.0. The van der Waals surface area contributed by atoms with Gasteiger partial charge in [-0.2, -0.15) is 0 Å². The lowest BCUT2D eigenvalue weighted by molar-refractivity contribution is 0.370. The lowest BCUT2D eigenvalue weighted by Gasteiger charge is -2.39. The first-order valence-corrected chi connectivity index (χ1v) is 8.39. The summed E-state index contributed by atoms with van der Waals surface area (Å²) in [5.41, 5.74) is 2.09. The zero-order chi connectivity index (χ0) is 15.4. The molecule has 124 valence electrons. The highest BCUT2D eigenvalue weighted by Crippen LogP contribution is 2.33. The van der Waals surface area contributed by atoms with Crippen molar-refractivity contribution in [1.82, 2.24) is 10.3 Å². The summed E-state index contributed by atoms with van der Waals surface area (Å²) < 4.78 is 0. The molecule has 1 fully saturated rings. The summed E-state index contributed by atoms with van der Waals surface area (Å²) in [5, 5.41) is 4.17. The van der Waals surface area contributed by atoms with Gasteiger partial charge in [-0.25, -0.2) is 4.98 Å². The molecule has 0 bridgehead atoms. The minimum absolute atomic E-state index is 0. The molecular weight excluding hydrogens is 353 g/mol. The minimum atomic E-state index is -0.229. The highest BCUT2D eigenvalue weighted by molar-refractivity contribution is 6.29. The van der Waals surface area contributed by atoms with E-state index in [2.05, 4.69) is 39.5 Å². The van der Waals surface area contributed by atoms with Crippen molar-refractivity contribution in [1.29, 1.82) is 0 Å². The van der Waals surface area contributed by atoms with Gasteiger partial charge in [0.25, 0.3) is 0 Å². The fraction of sp³-hybridized carbons (Fsp3) is 0.353. The fourth-order valence-electron chi connectivity index (χ4n) is 3.01. The van der Waals surface area contributed by atoms with E-state index in [4.69, 9.17) is 23.2 Å². The summed E-state index contributed by atoms with van der Waals surface area (Å²) in [6.45, 7) is 1.77. The van der Waals surface area contributed by atoms with Gasteiger partial charge in [0, 0.05) is 13.1 Å². The Bertz CT molecular complexity index is 606. The molecule has 3 rings (SSSR count). The third kappa shape index (κ3) is 4.10. The van der Waals surface area contributed by atoms with Crippen LogP contribution in [0.5, 0.6) is 0 Å². The van der Waals surface area contributed by atoms with Gasteiger partial charge < -0.3 is 4.90 Å². The number of alkyl halides is 1. The number of rotatable bonds is 5. The Morgan fingerprint density at radius 1 is 1.17 bits per heavy atom. The maximum atomic E-state index is 6.36. The van der Waals surface area contributed by atoms with E-state index < -0.39 is 0 Å². The van der Waals surface area contributed by atoms with E-state index in [1.54, 1.807) is 0 Å². The van der Waals surface area contributed by atoms with Crippen LogP contribution in [0.2, 0.25) is 5.15 Å². The van der Waals surface area contributed by atoms with Crippen LogP contribution in [0.4, 0.5) is 5.69 Å². The highest BCUT2D eigenvalue weighted by atomic mass is 35.5. The van der Waals surface area contributed by atoms with Gasteiger partial charge >= 0.3 is 0 Å². The van der Waals surface area contributed by atoms with Crippen molar-refractivity contribution in [3.63, 3.8) is 0 Å². The largest absolute Gasteiger partial charge is 0.351 e. The number of halogens is 3. The highest BCUT2D eigenvalue weighted by Gasteiger charge is 2.40. The number of benzene rings is 1. The number of pyridine rings is 1. The fourth-order valence-corrected chi connectivity index (χ4v) is 3.50. The Morgan fingerprint density at radius 2 is 1.96 bits per heavy atom. The molecule has 6 heteroatoms. The first-order chi connectivity index (χ1) is 10.7. The summed E-state index contributed by atoms with van der Waals surface area (Å²) >= 11 is 12.2. The molecule has 0 radical (unpaired) electrons. The molecule has 1 aliphatic rings. The first kappa shape index (κ1) is 18.3. The molecule has 1 saturated heterocycles.